The summed E-state index contributed by atoms with van der Waals surface area (Å²) >= 11 is 11.4. The second kappa shape index (κ2) is 13.5. The fourth-order valence-corrected chi connectivity index (χ4v) is 3.50. The van der Waals surface area contributed by atoms with Gasteiger partial charge in [-0.25, -0.2) is 0 Å². The molecule has 2 unspecified atom stereocenters. The zero-order valence-corrected chi connectivity index (χ0v) is 17.5. The first kappa shape index (κ1) is 23.5. The molecule has 10 heteroatoms. The van der Waals surface area contributed by atoms with Crippen LogP contribution in [0.3, 0.4) is 0 Å². The van der Waals surface area contributed by atoms with Crippen molar-refractivity contribution < 1.29 is 19.7 Å². The van der Waals surface area contributed by atoms with Gasteiger partial charge in [-0.3, -0.25) is 0 Å². The predicted molar refractivity (Wildman–Crippen MR) is 108 cm³/mol. The molecule has 1 aliphatic carbocycles. The van der Waals surface area contributed by atoms with Crippen LogP contribution in [0.2, 0.25) is 10.6 Å². The van der Waals surface area contributed by atoms with Crippen LogP contribution in [0.4, 0.5) is 5.95 Å². The Hall–Kier alpha value is -0.770. The van der Waals surface area contributed by atoms with E-state index in [0.717, 1.165) is 0 Å². The van der Waals surface area contributed by atoms with Crippen molar-refractivity contribution in [3.63, 3.8) is 0 Å². The van der Waals surface area contributed by atoms with Crippen LogP contribution in [0.25, 0.3) is 0 Å². The Morgan fingerprint density at radius 1 is 0.857 bits per heavy atom. The van der Waals surface area contributed by atoms with Gasteiger partial charge in [0.15, 0.2) is 0 Å². The maximum Gasteiger partial charge on any atom is 0.228 e. The molecule has 1 aliphatic rings. The van der Waals surface area contributed by atoms with E-state index in [0.29, 0.717) is 12.5 Å². The lowest BCUT2D eigenvalue weighted by atomic mass is 9.92. The van der Waals surface area contributed by atoms with Gasteiger partial charge < -0.3 is 25.0 Å². The first-order valence-electron chi connectivity index (χ1n) is 9.85. The van der Waals surface area contributed by atoms with Gasteiger partial charge in [0.05, 0.1) is 25.9 Å². The van der Waals surface area contributed by atoms with Gasteiger partial charge in [0.2, 0.25) is 16.5 Å². The monoisotopic (exact) mass is 436 g/mol. The Morgan fingerprint density at radius 3 is 2.11 bits per heavy atom. The molecule has 1 aromatic rings. The SMILES string of the molecule is OC(CNc1nc(Cl)nc(Cl)n1)COCC(O)COCC1CCCCCCC1. The molecule has 2 atom stereocenters. The van der Waals surface area contributed by atoms with Crippen molar-refractivity contribution in [2.45, 2.75) is 57.2 Å². The number of aliphatic hydroxyl groups excluding tert-OH is 2. The third-order valence-electron chi connectivity index (χ3n) is 4.59. The highest BCUT2D eigenvalue weighted by atomic mass is 35.5. The van der Waals surface area contributed by atoms with Gasteiger partial charge in [0.1, 0.15) is 6.10 Å². The maximum atomic E-state index is 9.96. The van der Waals surface area contributed by atoms with E-state index < -0.39 is 12.2 Å². The second-order valence-corrected chi connectivity index (χ2v) is 7.85. The minimum absolute atomic E-state index is 0.0317. The fourth-order valence-electron chi connectivity index (χ4n) is 3.14. The first-order valence-corrected chi connectivity index (χ1v) is 10.6. The van der Waals surface area contributed by atoms with Crippen molar-refractivity contribution in [2.24, 2.45) is 5.92 Å². The van der Waals surface area contributed by atoms with Crippen molar-refractivity contribution in [2.75, 3.05) is 38.3 Å². The molecule has 1 heterocycles. The topological polar surface area (TPSA) is 110 Å². The number of nitrogens with one attached hydrogen (secondary N) is 1. The molecule has 2 rings (SSSR count). The van der Waals surface area contributed by atoms with E-state index >= 15 is 0 Å². The summed E-state index contributed by atoms with van der Waals surface area (Å²) in [5.41, 5.74) is 0. The number of hydrogen-bond donors (Lipinski definition) is 3. The summed E-state index contributed by atoms with van der Waals surface area (Å²) in [6, 6.07) is 0. The summed E-state index contributed by atoms with van der Waals surface area (Å²) < 4.78 is 11.0. The summed E-state index contributed by atoms with van der Waals surface area (Å²) in [7, 11) is 0. The molecular weight excluding hydrogens is 407 g/mol. The molecule has 0 spiro atoms. The molecule has 1 saturated carbocycles. The van der Waals surface area contributed by atoms with Crippen LogP contribution in [0.5, 0.6) is 0 Å². The predicted octanol–water partition coefficient (Wildman–Crippen LogP) is 2.71. The van der Waals surface area contributed by atoms with E-state index in [4.69, 9.17) is 32.7 Å². The van der Waals surface area contributed by atoms with Gasteiger partial charge in [0, 0.05) is 13.2 Å². The van der Waals surface area contributed by atoms with Crippen molar-refractivity contribution in [3.05, 3.63) is 10.6 Å². The number of halogens is 2. The van der Waals surface area contributed by atoms with Crippen molar-refractivity contribution >= 4 is 29.2 Å². The second-order valence-electron chi connectivity index (χ2n) is 7.17. The third kappa shape index (κ3) is 10.1. The highest BCUT2D eigenvalue weighted by molar-refractivity contribution is 6.31. The lowest BCUT2D eigenvalue weighted by molar-refractivity contribution is -0.0431. The summed E-state index contributed by atoms with van der Waals surface area (Å²) in [4.78, 5) is 11.3. The van der Waals surface area contributed by atoms with E-state index in [9.17, 15) is 10.2 Å². The quantitative estimate of drug-likeness (QED) is 0.485. The molecule has 0 radical (unpaired) electrons. The fraction of sp³-hybridized carbons (Fsp3) is 0.833. The van der Waals surface area contributed by atoms with Crippen LogP contribution >= 0.6 is 23.2 Å². The van der Waals surface area contributed by atoms with Gasteiger partial charge >= 0.3 is 0 Å². The van der Waals surface area contributed by atoms with Crippen molar-refractivity contribution in [1.29, 1.82) is 0 Å². The zero-order valence-electron chi connectivity index (χ0n) is 16.0. The van der Waals surface area contributed by atoms with Crippen LogP contribution in [0.15, 0.2) is 0 Å². The average molecular weight is 437 g/mol. The molecule has 0 aliphatic heterocycles. The summed E-state index contributed by atoms with van der Waals surface area (Å²) in [6.45, 7) is 1.24. The highest BCUT2D eigenvalue weighted by Crippen LogP contribution is 2.22. The van der Waals surface area contributed by atoms with Crippen molar-refractivity contribution in [3.8, 4) is 0 Å². The molecule has 0 amide bonds. The Labute approximate surface area is 176 Å². The zero-order chi connectivity index (χ0) is 20.2. The molecule has 160 valence electrons. The largest absolute Gasteiger partial charge is 0.389 e. The Kier molecular flexibility index (Phi) is 11.3. The van der Waals surface area contributed by atoms with Gasteiger partial charge in [0.25, 0.3) is 0 Å². The highest BCUT2D eigenvalue weighted by Gasteiger charge is 2.14. The minimum atomic E-state index is -0.808. The van der Waals surface area contributed by atoms with Crippen LogP contribution in [-0.2, 0) is 9.47 Å². The molecule has 28 heavy (non-hydrogen) atoms. The normalized spacial score (nSPS) is 18.3. The lowest BCUT2D eigenvalue weighted by Crippen LogP contribution is -2.29. The van der Waals surface area contributed by atoms with Crippen LogP contribution in [0, 0.1) is 5.92 Å². The minimum Gasteiger partial charge on any atom is -0.389 e. The lowest BCUT2D eigenvalue weighted by Gasteiger charge is -2.20. The maximum absolute atomic E-state index is 9.96. The number of hydrogen-bond acceptors (Lipinski definition) is 8. The van der Waals surface area contributed by atoms with E-state index in [-0.39, 0.29) is 42.9 Å². The van der Waals surface area contributed by atoms with E-state index in [2.05, 4.69) is 20.3 Å². The van der Waals surface area contributed by atoms with Gasteiger partial charge in [-0.1, -0.05) is 32.1 Å². The Morgan fingerprint density at radius 2 is 1.43 bits per heavy atom. The summed E-state index contributed by atoms with van der Waals surface area (Å²) in [6.07, 6.45) is 7.43. The molecular formula is C18H30Cl2N4O4. The van der Waals surface area contributed by atoms with E-state index in [1.54, 1.807) is 0 Å². The van der Waals surface area contributed by atoms with E-state index in [1.807, 2.05) is 0 Å². The molecule has 3 N–H and O–H groups in total. The molecule has 0 saturated heterocycles. The Balaban J connectivity index is 1.52. The van der Waals surface area contributed by atoms with Gasteiger partial charge in [-0.15, -0.1) is 0 Å². The van der Waals surface area contributed by atoms with Crippen LogP contribution in [-0.4, -0.2) is 70.3 Å². The summed E-state index contributed by atoms with van der Waals surface area (Å²) in [5, 5.41) is 22.6. The molecule has 0 bridgehead atoms. The molecule has 8 nitrogen and oxygen atoms in total. The first-order chi connectivity index (χ1) is 13.5. The van der Waals surface area contributed by atoms with Crippen LogP contribution in [0.1, 0.15) is 44.9 Å². The number of anilines is 1. The third-order valence-corrected chi connectivity index (χ3v) is 4.92. The van der Waals surface area contributed by atoms with Gasteiger partial charge in [-0.05, 0) is 42.0 Å². The molecule has 1 aromatic heterocycles. The number of ether oxygens (including phenoxy) is 2. The van der Waals surface area contributed by atoms with E-state index in [1.165, 1.54) is 44.9 Å². The van der Waals surface area contributed by atoms with Crippen molar-refractivity contribution in [1.82, 2.24) is 15.0 Å². The number of aliphatic hydroxyl groups is 2. The molecule has 1 fully saturated rings. The number of aromatic nitrogens is 3. The number of nitrogens with zero attached hydrogens (tertiary/aromatic N) is 3. The average Bonchev–Trinajstić information content (AvgIpc) is 2.61. The van der Waals surface area contributed by atoms with Crippen LogP contribution < -0.4 is 5.32 Å². The standard InChI is InChI=1S/C18H30Cl2N4O4/c19-16-22-17(20)24-18(23-16)21-8-14(25)10-28-12-15(26)11-27-9-13-6-4-2-1-3-5-7-13/h13-15,25-26H,1-12H2,(H,21,22,23,24). The van der Waals surface area contributed by atoms with Gasteiger partial charge in [-0.2, -0.15) is 15.0 Å². The molecule has 0 aromatic carbocycles. The smallest absolute Gasteiger partial charge is 0.228 e. The number of rotatable bonds is 11. The Bertz CT molecular complexity index is 542. The summed E-state index contributed by atoms with van der Waals surface area (Å²) in [5.74, 6) is 0.769.